The summed E-state index contributed by atoms with van der Waals surface area (Å²) in [5, 5.41) is 23.1. The molecule has 2 atom stereocenters. The molecule has 0 rings (SSSR count). The maximum atomic E-state index is 12.5. The number of hydrogen-bond donors (Lipinski definition) is 3. The molecule has 3 N–H and O–H groups in total. The van der Waals surface area contributed by atoms with Gasteiger partial charge in [0.05, 0.1) is 25.4 Å². The molecule has 1 amide bonds. The van der Waals surface area contributed by atoms with Crippen LogP contribution in [-0.2, 0) is 14.3 Å². The lowest BCUT2D eigenvalue weighted by atomic mass is 10.0. The standard InChI is InChI=1S/C59H113NO5/c1-3-5-7-9-11-13-15-17-19-20-21-22-23-24-25-26-27-29-30-32-35-39-43-47-51-57(62)56(55-61)60-58(63)52-48-44-40-36-34-38-42-46-50-54-65-59(64)53-49-45-41-37-33-31-28-18-16-14-12-10-8-6-4-2/h36,40,47,51,56-57,61-62H,3-35,37-39,41-46,48-50,52-55H2,1-2H3,(H,60,63)/b40-36-,51-47+. The smallest absolute Gasteiger partial charge is 0.305 e. The zero-order chi connectivity index (χ0) is 47.2. The van der Waals surface area contributed by atoms with Crippen molar-refractivity contribution >= 4 is 11.9 Å². The maximum Gasteiger partial charge on any atom is 0.305 e. The van der Waals surface area contributed by atoms with E-state index >= 15 is 0 Å². The van der Waals surface area contributed by atoms with E-state index in [9.17, 15) is 19.8 Å². The van der Waals surface area contributed by atoms with Gasteiger partial charge < -0.3 is 20.3 Å². The molecule has 0 aliphatic carbocycles. The molecule has 0 bridgehead atoms. The monoisotopic (exact) mass is 916 g/mol. The van der Waals surface area contributed by atoms with Crippen molar-refractivity contribution in [1.82, 2.24) is 5.32 Å². The van der Waals surface area contributed by atoms with Crippen LogP contribution in [0, 0.1) is 0 Å². The predicted molar refractivity (Wildman–Crippen MR) is 283 cm³/mol. The highest BCUT2D eigenvalue weighted by Gasteiger charge is 2.18. The van der Waals surface area contributed by atoms with Gasteiger partial charge in [0.1, 0.15) is 0 Å². The topological polar surface area (TPSA) is 95.9 Å². The summed E-state index contributed by atoms with van der Waals surface area (Å²) in [4.78, 5) is 24.5. The molecule has 384 valence electrons. The van der Waals surface area contributed by atoms with Crippen LogP contribution in [0.25, 0.3) is 0 Å². The highest BCUT2D eigenvalue weighted by molar-refractivity contribution is 5.76. The van der Waals surface area contributed by atoms with Gasteiger partial charge in [0.2, 0.25) is 5.91 Å². The molecule has 0 aromatic rings. The van der Waals surface area contributed by atoms with E-state index in [1.165, 1.54) is 218 Å². The fraction of sp³-hybridized carbons (Fsp3) is 0.898. The van der Waals surface area contributed by atoms with Crippen LogP contribution < -0.4 is 5.32 Å². The average Bonchev–Trinajstić information content (AvgIpc) is 3.31. The number of allylic oxidation sites excluding steroid dienone is 3. The van der Waals surface area contributed by atoms with Crippen molar-refractivity contribution in [3.63, 3.8) is 0 Å². The summed E-state index contributed by atoms with van der Waals surface area (Å²) in [5.74, 6) is -0.159. The van der Waals surface area contributed by atoms with E-state index in [0.717, 1.165) is 70.6 Å². The molecule has 6 heteroatoms. The lowest BCUT2D eigenvalue weighted by Gasteiger charge is -2.19. The van der Waals surface area contributed by atoms with E-state index in [0.29, 0.717) is 19.4 Å². The van der Waals surface area contributed by atoms with E-state index < -0.39 is 12.1 Å². The Morgan fingerprint density at radius 1 is 0.415 bits per heavy atom. The molecule has 0 aromatic carbocycles. The summed E-state index contributed by atoms with van der Waals surface area (Å²) in [6.45, 7) is 4.83. The first-order valence-electron chi connectivity index (χ1n) is 29.1. The first-order valence-corrected chi connectivity index (χ1v) is 29.1. The van der Waals surface area contributed by atoms with Crippen LogP contribution in [0.3, 0.4) is 0 Å². The Labute approximate surface area is 405 Å². The minimum atomic E-state index is -0.876. The minimum Gasteiger partial charge on any atom is -0.466 e. The van der Waals surface area contributed by atoms with Crippen LogP contribution in [0.2, 0.25) is 0 Å². The highest BCUT2D eigenvalue weighted by Crippen LogP contribution is 2.17. The fourth-order valence-electron chi connectivity index (χ4n) is 8.99. The number of hydrogen-bond acceptors (Lipinski definition) is 5. The van der Waals surface area contributed by atoms with Crippen LogP contribution in [-0.4, -0.2) is 47.4 Å². The molecule has 0 aliphatic heterocycles. The van der Waals surface area contributed by atoms with Gasteiger partial charge in [-0.25, -0.2) is 0 Å². The Kier molecular flexibility index (Phi) is 53.5. The molecule has 6 nitrogen and oxygen atoms in total. The van der Waals surface area contributed by atoms with Gasteiger partial charge in [0.15, 0.2) is 0 Å². The molecule has 0 fully saturated rings. The molecule has 0 saturated heterocycles. The van der Waals surface area contributed by atoms with Gasteiger partial charge in [0, 0.05) is 12.8 Å². The summed E-state index contributed by atoms with van der Waals surface area (Å²) in [6.07, 6.45) is 66.4. The molecule has 0 aromatic heterocycles. The number of nitrogens with one attached hydrogen (secondary N) is 1. The molecule has 65 heavy (non-hydrogen) atoms. The first-order chi connectivity index (χ1) is 32.0. The third-order valence-corrected chi connectivity index (χ3v) is 13.5. The molecule has 0 spiro atoms. The average molecular weight is 917 g/mol. The van der Waals surface area contributed by atoms with Crippen LogP contribution in [0.1, 0.15) is 316 Å². The largest absolute Gasteiger partial charge is 0.466 e. The third-order valence-electron chi connectivity index (χ3n) is 13.5. The summed E-state index contributed by atoms with van der Waals surface area (Å²) >= 11 is 0. The number of aliphatic hydroxyl groups excluding tert-OH is 2. The molecule has 0 aliphatic rings. The van der Waals surface area contributed by atoms with Crippen molar-refractivity contribution in [2.24, 2.45) is 0 Å². The van der Waals surface area contributed by atoms with E-state index in [4.69, 9.17) is 4.74 Å². The van der Waals surface area contributed by atoms with Gasteiger partial charge in [-0.1, -0.05) is 276 Å². The van der Waals surface area contributed by atoms with Gasteiger partial charge in [-0.3, -0.25) is 9.59 Å². The molecule has 0 heterocycles. The molecular weight excluding hydrogens is 803 g/mol. The van der Waals surface area contributed by atoms with Crippen LogP contribution in [0.15, 0.2) is 24.3 Å². The van der Waals surface area contributed by atoms with Crippen molar-refractivity contribution in [1.29, 1.82) is 0 Å². The lowest BCUT2D eigenvalue weighted by molar-refractivity contribution is -0.143. The zero-order valence-corrected chi connectivity index (χ0v) is 43.7. The van der Waals surface area contributed by atoms with Gasteiger partial charge >= 0.3 is 5.97 Å². The van der Waals surface area contributed by atoms with Gasteiger partial charge in [0.25, 0.3) is 0 Å². The Hall–Kier alpha value is -1.66. The molecular formula is C59H113NO5. The number of rotatable bonds is 54. The van der Waals surface area contributed by atoms with Gasteiger partial charge in [-0.15, -0.1) is 0 Å². The predicted octanol–water partition coefficient (Wildman–Crippen LogP) is 17.9. The maximum absolute atomic E-state index is 12.5. The second-order valence-corrected chi connectivity index (χ2v) is 20.0. The van der Waals surface area contributed by atoms with E-state index in [-0.39, 0.29) is 18.5 Å². The van der Waals surface area contributed by atoms with Crippen molar-refractivity contribution in [2.75, 3.05) is 13.2 Å². The second kappa shape index (κ2) is 54.9. The van der Waals surface area contributed by atoms with E-state index in [1.807, 2.05) is 6.08 Å². The van der Waals surface area contributed by atoms with E-state index in [2.05, 4.69) is 31.3 Å². The number of unbranched alkanes of at least 4 members (excludes halogenated alkanes) is 41. The third kappa shape index (κ3) is 51.6. The second-order valence-electron chi connectivity index (χ2n) is 20.0. The fourth-order valence-corrected chi connectivity index (χ4v) is 8.99. The number of amides is 1. The summed E-state index contributed by atoms with van der Waals surface area (Å²) in [5.41, 5.74) is 0. The van der Waals surface area contributed by atoms with Crippen molar-refractivity contribution in [3.8, 4) is 0 Å². The van der Waals surface area contributed by atoms with Crippen molar-refractivity contribution in [3.05, 3.63) is 24.3 Å². The number of ether oxygens (including phenoxy) is 1. The SMILES string of the molecule is CCCCCCCCCCCCCCCCCCCCCCCC/C=C/C(O)C(CO)NC(=O)CCC/C=C\CCCCCCOC(=O)CCCCCCCCCCCCCCCCC. The Balaban J connectivity index is 3.54. The number of carbonyl (C=O) groups is 2. The summed E-state index contributed by atoms with van der Waals surface area (Å²) < 4.78 is 5.45. The Morgan fingerprint density at radius 2 is 0.738 bits per heavy atom. The summed E-state index contributed by atoms with van der Waals surface area (Å²) in [7, 11) is 0. The first kappa shape index (κ1) is 63.3. The Morgan fingerprint density at radius 3 is 1.12 bits per heavy atom. The highest BCUT2D eigenvalue weighted by atomic mass is 16.5. The van der Waals surface area contributed by atoms with Crippen LogP contribution in [0.4, 0.5) is 0 Å². The summed E-state index contributed by atoms with van der Waals surface area (Å²) in [6, 6.07) is -0.666. The molecule has 2 unspecified atom stereocenters. The van der Waals surface area contributed by atoms with E-state index in [1.54, 1.807) is 6.08 Å². The van der Waals surface area contributed by atoms with Gasteiger partial charge in [-0.05, 0) is 51.4 Å². The van der Waals surface area contributed by atoms with Crippen molar-refractivity contribution in [2.45, 2.75) is 328 Å². The zero-order valence-electron chi connectivity index (χ0n) is 43.7. The normalized spacial score (nSPS) is 12.7. The van der Waals surface area contributed by atoms with Crippen molar-refractivity contribution < 1.29 is 24.5 Å². The van der Waals surface area contributed by atoms with Gasteiger partial charge in [-0.2, -0.15) is 0 Å². The number of esters is 1. The Bertz CT molecular complexity index is 1010. The van der Waals surface area contributed by atoms with Crippen LogP contribution >= 0.6 is 0 Å². The quantitative estimate of drug-likeness (QED) is 0.0321. The molecule has 0 radical (unpaired) electrons. The lowest BCUT2D eigenvalue weighted by Crippen LogP contribution is -2.45. The minimum absolute atomic E-state index is 0.0344. The number of carbonyl (C=O) groups excluding carboxylic acids is 2. The molecule has 0 saturated carbocycles. The van der Waals surface area contributed by atoms with Crippen LogP contribution in [0.5, 0.6) is 0 Å². The number of aliphatic hydroxyl groups is 2.